The fourth-order valence-electron chi connectivity index (χ4n) is 2.73. The Morgan fingerprint density at radius 1 is 1.28 bits per heavy atom. The third-order valence-electron chi connectivity index (χ3n) is 4.12. The van der Waals surface area contributed by atoms with Crippen LogP contribution in [0.25, 0.3) is 0 Å². The number of hydrogen-bond acceptors (Lipinski definition) is 6. The normalized spacial score (nSPS) is 28.4. The molecule has 1 heterocycles. The highest BCUT2D eigenvalue weighted by Gasteiger charge is 2.50. The van der Waals surface area contributed by atoms with Gasteiger partial charge in [0.05, 0.1) is 19.8 Å². The van der Waals surface area contributed by atoms with Crippen LogP contribution in [0.2, 0.25) is 5.02 Å². The zero-order chi connectivity index (χ0) is 17.7. The summed E-state index contributed by atoms with van der Waals surface area (Å²) in [7, 11) is -0.542. The standard InChI is InChI=1S/C16H24ClO6S.ClH/c17-11-3-1-2-10(4-11)7-23-14(5-18)12(20)8-24-9-13(21)16(22)15(24)6-19;/h1-4,12-16,18-22H,5-9H2;1H/q+1;/p-1/t12-,13-,14+,15-,16+,24?;/m1./s1. The van der Waals surface area contributed by atoms with Gasteiger partial charge in [0.25, 0.3) is 0 Å². The summed E-state index contributed by atoms with van der Waals surface area (Å²) in [6, 6.07) is 7.12. The Labute approximate surface area is 161 Å². The molecule has 0 aliphatic carbocycles. The van der Waals surface area contributed by atoms with Gasteiger partial charge in [-0.3, -0.25) is 0 Å². The number of hydrogen-bond donors (Lipinski definition) is 5. The summed E-state index contributed by atoms with van der Waals surface area (Å²) in [5, 5.41) is 48.9. The molecule has 1 aliphatic rings. The molecule has 0 amide bonds. The maximum atomic E-state index is 10.3. The largest absolute Gasteiger partial charge is 1.00 e. The van der Waals surface area contributed by atoms with Gasteiger partial charge >= 0.3 is 0 Å². The highest BCUT2D eigenvalue weighted by Crippen LogP contribution is 2.25. The van der Waals surface area contributed by atoms with Crippen LogP contribution in [0.4, 0.5) is 0 Å². The first-order chi connectivity index (χ1) is 11.5. The van der Waals surface area contributed by atoms with E-state index in [0.29, 0.717) is 10.8 Å². The number of ether oxygens (including phenoxy) is 1. The predicted molar refractivity (Wildman–Crippen MR) is 93.1 cm³/mol. The van der Waals surface area contributed by atoms with E-state index in [4.69, 9.17) is 16.3 Å². The number of halogens is 2. The lowest BCUT2D eigenvalue weighted by Crippen LogP contribution is -3.00. The summed E-state index contributed by atoms with van der Waals surface area (Å²) in [5.41, 5.74) is 0.829. The lowest BCUT2D eigenvalue weighted by atomic mass is 10.2. The fourth-order valence-corrected chi connectivity index (χ4v) is 5.65. The van der Waals surface area contributed by atoms with Crippen molar-refractivity contribution in [2.45, 2.75) is 36.3 Å². The summed E-state index contributed by atoms with van der Waals surface area (Å²) in [5.74, 6) is 0.579. The molecule has 1 aromatic rings. The van der Waals surface area contributed by atoms with E-state index in [1.165, 1.54) is 0 Å². The molecule has 6 nitrogen and oxygen atoms in total. The average Bonchev–Trinajstić information content (AvgIpc) is 2.81. The first kappa shape index (κ1) is 23.0. The van der Waals surface area contributed by atoms with Gasteiger partial charge in [0.1, 0.15) is 35.9 Å². The van der Waals surface area contributed by atoms with Gasteiger partial charge in [0, 0.05) is 15.9 Å². The van der Waals surface area contributed by atoms with Crippen molar-refractivity contribution >= 4 is 22.5 Å². The van der Waals surface area contributed by atoms with Crippen molar-refractivity contribution < 1.29 is 42.7 Å². The molecule has 0 saturated carbocycles. The van der Waals surface area contributed by atoms with Gasteiger partial charge in [-0.2, -0.15) is 0 Å². The minimum Gasteiger partial charge on any atom is -1.00 e. The predicted octanol–water partition coefficient (Wildman–Crippen LogP) is -3.70. The molecule has 9 heteroatoms. The highest BCUT2D eigenvalue weighted by atomic mass is 35.5. The first-order valence-corrected chi connectivity index (χ1v) is 9.75. The monoisotopic (exact) mass is 414 g/mol. The molecule has 144 valence electrons. The van der Waals surface area contributed by atoms with Gasteiger partial charge in [-0.15, -0.1) is 0 Å². The zero-order valence-corrected chi connectivity index (χ0v) is 15.9. The van der Waals surface area contributed by atoms with E-state index in [9.17, 15) is 25.5 Å². The first-order valence-electron chi connectivity index (χ1n) is 7.74. The third kappa shape index (κ3) is 6.23. The van der Waals surface area contributed by atoms with E-state index in [-0.39, 0.29) is 38.0 Å². The molecule has 1 aliphatic heterocycles. The van der Waals surface area contributed by atoms with Gasteiger partial charge in [-0.1, -0.05) is 23.7 Å². The van der Waals surface area contributed by atoms with Crippen LogP contribution >= 0.6 is 11.6 Å². The maximum absolute atomic E-state index is 10.3. The van der Waals surface area contributed by atoms with Gasteiger partial charge in [-0.25, -0.2) is 0 Å². The number of rotatable bonds is 8. The topological polar surface area (TPSA) is 110 Å². The minimum absolute atomic E-state index is 0. The Kier molecular flexibility index (Phi) is 10.0. The van der Waals surface area contributed by atoms with Crippen molar-refractivity contribution in [3.05, 3.63) is 34.9 Å². The van der Waals surface area contributed by atoms with E-state index >= 15 is 0 Å². The molecule has 1 saturated heterocycles. The summed E-state index contributed by atoms with van der Waals surface area (Å²) in [6.45, 7) is -0.402. The molecule has 0 spiro atoms. The van der Waals surface area contributed by atoms with Crippen LogP contribution in [0, 0.1) is 0 Å². The van der Waals surface area contributed by atoms with E-state index in [2.05, 4.69) is 0 Å². The Balaban J connectivity index is 0.00000312. The van der Waals surface area contributed by atoms with E-state index < -0.39 is 40.6 Å². The number of aliphatic hydroxyl groups is 5. The van der Waals surface area contributed by atoms with Crippen LogP contribution in [0.5, 0.6) is 0 Å². The molecule has 0 aromatic heterocycles. The number of benzene rings is 1. The van der Waals surface area contributed by atoms with Crippen molar-refractivity contribution in [1.29, 1.82) is 0 Å². The van der Waals surface area contributed by atoms with Crippen LogP contribution in [0.1, 0.15) is 5.56 Å². The Morgan fingerprint density at radius 3 is 2.60 bits per heavy atom. The summed E-state index contributed by atoms with van der Waals surface area (Å²) >= 11 is 5.91. The second-order valence-corrected chi connectivity index (χ2v) is 8.66. The van der Waals surface area contributed by atoms with E-state index in [1.807, 2.05) is 6.07 Å². The Bertz CT molecular complexity index is 523. The van der Waals surface area contributed by atoms with Crippen LogP contribution < -0.4 is 12.4 Å². The second kappa shape index (κ2) is 10.9. The molecule has 2 rings (SSSR count). The molecule has 1 fully saturated rings. The van der Waals surface area contributed by atoms with Gasteiger partial charge < -0.3 is 42.7 Å². The molecule has 0 radical (unpaired) electrons. The molecule has 6 atom stereocenters. The lowest BCUT2D eigenvalue weighted by molar-refractivity contribution is -0.0623. The average molecular weight is 415 g/mol. The van der Waals surface area contributed by atoms with Crippen molar-refractivity contribution in [3.63, 3.8) is 0 Å². The molecular formula is C16H24Cl2O6S. The van der Waals surface area contributed by atoms with E-state index in [1.54, 1.807) is 18.2 Å². The molecule has 0 bridgehead atoms. The van der Waals surface area contributed by atoms with Crippen molar-refractivity contribution in [3.8, 4) is 0 Å². The summed E-state index contributed by atoms with van der Waals surface area (Å²) in [6.07, 6.45) is -3.61. The van der Waals surface area contributed by atoms with E-state index in [0.717, 1.165) is 5.56 Å². The Morgan fingerprint density at radius 2 is 2.00 bits per heavy atom. The summed E-state index contributed by atoms with van der Waals surface area (Å²) in [4.78, 5) is 0. The van der Waals surface area contributed by atoms with Crippen molar-refractivity contribution in [1.82, 2.24) is 0 Å². The molecular weight excluding hydrogens is 391 g/mol. The van der Waals surface area contributed by atoms with Crippen LogP contribution in [-0.2, 0) is 22.2 Å². The SMILES string of the molecule is OC[C@H](OCc1cccc(Cl)c1)[C@H](O)C[S+]1C[C@@H](O)[C@H](O)[C@H]1CO.[Cl-]. The smallest absolute Gasteiger partial charge is 0.169 e. The minimum atomic E-state index is -0.981. The second-order valence-electron chi connectivity index (χ2n) is 5.88. The van der Waals surface area contributed by atoms with Crippen LogP contribution in [0.15, 0.2) is 24.3 Å². The zero-order valence-electron chi connectivity index (χ0n) is 13.5. The molecule has 25 heavy (non-hydrogen) atoms. The molecule has 1 aromatic carbocycles. The van der Waals surface area contributed by atoms with Crippen molar-refractivity contribution in [2.75, 3.05) is 24.7 Å². The van der Waals surface area contributed by atoms with Crippen LogP contribution in [-0.4, -0.2) is 79.9 Å². The molecule has 5 N–H and O–H groups in total. The number of aliphatic hydroxyl groups excluding tert-OH is 5. The van der Waals surface area contributed by atoms with Gasteiger partial charge in [-0.05, 0) is 17.7 Å². The van der Waals surface area contributed by atoms with Crippen molar-refractivity contribution in [2.24, 2.45) is 0 Å². The fraction of sp³-hybridized carbons (Fsp3) is 0.625. The van der Waals surface area contributed by atoms with Crippen LogP contribution in [0.3, 0.4) is 0 Å². The maximum Gasteiger partial charge on any atom is 0.169 e. The third-order valence-corrected chi connectivity index (χ3v) is 7.17. The summed E-state index contributed by atoms with van der Waals surface area (Å²) < 4.78 is 5.59. The van der Waals surface area contributed by atoms with Gasteiger partial charge in [0.2, 0.25) is 0 Å². The Hall–Kier alpha value is -0.0900. The highest BCUT2D eigenvalue weighted by molar-refractivity contribution is 7.97. The van der Waals surface area contributed by atoms with Gasteiger partial charge in [0.15, 0.2) is 5.25 Å². The molecule has 1 unspecified atom stereocenters. The lowest BCUT2D eigenvalue weighted by Gasteiger charge is -2.22. The quantitative estimate of drug-likeness (QED) is 0.280.